The molecule has 1 amide bonds. The lowest BCUT2D eigenvalue weighted by atomic mass is 10.1. The lowest BCUT2D eigenvalue weighted by Gasteiger charge is -2.22. The molecular formula is C18H27FN2O2. The molecule has 0 radical (unpaired) electrons. The van der Waals surface area contributed by atoms with Gasteiger partial charge in [-0.1, -0.05) is 6.92 Å². The third kappa shape index (κ3) is 4.30. The predicted molar refractivity (Wildman–Crippen MR) is 88.9 cm³/mol. The van der Waals surface area contributed by atoms with E-state index in [1.807, 2.05) is 32.8 Å². The van der Waals surface area contributed by atoms with Crippen LogP contribution in [0.15, 0.2) is 18.2 Å². The normalized spacial score (nSPS) is 21.5. The third-order valence-electron chi connectivity index (χ3n) is 4.39. The summed E-state index contributed by atoms with van der Waals surface area (Å²) in [6, 6.07) is 4.90. The lowest BCUT2D eigenvalue weighted by Crippen LogP contribution is -2.35. The molecule has 1 aromatic carbocycles. The summed E-state index contributed by atoms with van der Waals surface area (Å²) in [6.07, 6.45) is 0.0223. The van der Waals surface area contributed by atoms with Crippen molar-refractivity contribution in [3.63, 3.8) is 0 Å². The van der Waals surface area contributed by atoms with Crippen molar-refractivity contribution >= 4 is 5.91 Å². The second-order valence-electron chi connectivity index (χ2n) is 6.88. The second-order valence-corrected chi connectivity index (χ2v) is 6.88. The Morgan fingerprint density at radius 3 is 2.65 bits per heavy atom. The van der Waals surface area contributed by atoms with Crippen molar-refractivity contribution < 1.29 is 13.9 Å². The van der Waals surface area contributed by atoms with E-state index in [0.717, 1.165) is 6.54 Å². The molecule has 23 heavy (non-hydrogen) atoms. The SMILES string of the molecule is CC(C)OCc1cc(C(=O)N2CC(C)C(N(C)C)C2)ccc1F. The van der Waals surface area contributed by atoms with Gasteiger partial charge >= 0.3 is 0 Å². The fraction of sp³-hybridized carbons (Fsp3) is 0.611. The minimum atomic E-state index is -0.330. The molecule has 128 valence electrons. The number of halogens is 1. The van der Waals surface area contributed by atoms with Crippen LogP contribution in [0.1, 0.15) is 36.7 Å². The predicted octanol–water partition coefficient (Wildman–Crippen LogP) is 2.77. The van der Waals surface area contributed by atoms with Crippen LogP contribution < -0.4 is 0 Å². The van der Waals surface area contributed by atoms with Gasteiger partial charge < -0.3 is 14.5 Å². The zero-order valence-corrected chi connectivity index (χ0v) is 14.7. The Labute approximate surface area is 138 Å². The molecule has 1 fully saturated rings. The van der Waals surface area contributed by atoms with Gasteiger partial charge in [-0.15, -0.1) is 0 Å². The number of hydrogen-bond donors (Lipinski definition) is 0. The first-order valence-electron chi connectivity index (χ1n) is 8.15. The molecule has 2 unspecified atom stereocenters. The van der Waals surface area contributed by atoms with E-state index in [1.165, 1.54) is 6.07 Å². The summed E-state index contributed by atoms with van der Waals surface area (Å²) in [5, 5.41) is 0. The largest absolute Gasteiger partial charge is 0.374 e. The number of likely N-dealkylation sites (tertiary alicyclic amines) is 1. The van der Waals surface area contributed by atoms with Crippen LogP contribution in [0.4, 0.5) is 4.39 Å². The Bertz CT molecular complexity index is 560. The summed E-state index contributed by atoms with van der Waals surface area (Å²) < 4.78 is 19.3. The monoisotopic (exact) mass is 322 g/mol. The Morgan fingerprint density at radius 1 is 1.39 bits per heavy atom. The van der Waals surface area contributed by atoms with Gasteiger partial charge in [0.1, 0.15) is 5.82 Å². The van der Waals surface area contributed by atoms with E-state index >= 15 is 0 Å². The van der Waals surface area contributed by atoms with Crippen molar-refractivity contribution in [2.24, 2.45) is 5.92 Å². The Balaban J connectivity index is 2.12. The Morgan fingerprint density at radius 2 is 2.09 bits per heavy atom. The van der Waals surface area contributed by atoms with E-state index in [2.05, 4.69) is 11.8 Å². The van der Waals surface area contributed by atoms with Crippen LogP contribution in [0.5, 0.6) is 0 Å². The first-order chi connectivity index (χ1) is 10.8. The van der Waals surface area contributed by atoms with Gasteiger partial charge in [0.2, 0.25) is 0 Å². The fourth-order valence-electron chi connectivity index (χ4n) is 3.05. The van der Waals surface area contributed by atoms with Crippen LogP contribution in [0.3, 0.4) is 0 Å². The maximum atomic E-state index is 13.9. The molecule has 1 aliphatic heterocycles. The second kappa shape index (κ2) is 7.41. The molecule has 2 rings (SSSR count). The smallest absolute Gasteiger partial charge is 0.253 e. The highest BCUT2D eigenvalue weighted by molar-refractivity contribution is 5.94. The van der Waals surface area contributed by atoms with Crippen molar-refractivity contribution in [1.29, 1.82) is 0 Å². The quantitative estimate of drug-likeness (QED) is 0.836. The number of likely N-dealkylation sites (N-methyl/N-ethyl adjacent to an activating group) is 1. The van der Waals surface area contributed by atoms with Gasteiger partial charge in [-0.05, 0) is 52.1 Å². The average molecular weight is 322 g/mol. The van der Waals surface area contributed by atoms with Crippen molar-refractivity contribution in [2.75, 3.05) is 27.2 Å². The van der Waals surface area contributed by atoms with Crippen molar-refractivity contribution in [3.05, 3.63) is 35.1 Å². The number of benzene rings is 1. The summed E-state index contributed by atoms with van der Waals surface area (Å²) in [7, 11) is 4.07. The summed E-state index contributed by atoms with van der Waals surface area (Å²) in [4.78, 5) is 16.7. The van der Waals surface area contributed by atoms with Gasteiger partial charge in [0.15, 0.2) is 0 Å². The minimum absolute atomic E-state index is 0.0223. The molecule has 0 N–H and O–H groups in total. The van der Waals surface area contributed by atoms with Crippen LogP contribution >= 0.6 is 0 Å². The van der Waals surface area contributed by atoms with E-state index in [1.54, 1.807) is 12.1 Å². The topological polar surface area (TPSA) is 32.8 Å². The maximum absolute atomic E-state index is 13.9. The van der Waals surface area contributed by atoms with Gasteiger partial charge in [0.25, 0.3) is 5.91 Å². The molecule has 0 aliphatic carbocycles. The summed E-state index contributed by atoms with van der Waals surface area (Å²) in [6.45, 7) is 7.59. The van der Waals surface area contributed by atoms with Gasteiger partial charge in [0.05, 0.1) is 12.7 Å². The molecule has 1 saturated heterocycles. The van der Waals surface area contributed by atoms with Crippen molar-refractivity contribution in [2.45, 2.75) is 39.5 Å². The molecule has 2 atom stereocenters. The van der Waals surface area contributed by atoms with Crippen LogP contribution in [-0.2, 0) is 11.3 Å². The molecule has 0 bridgehead atoms. The highest BCUT2D eigenvalue weighted by Crippen LogP contribution is 2.23. The van der Waals surface area contributed by atoms with Crippen molar-refractivity contribution in [1.82, 2.24) is 9.80 Å². The first-order valence-corrected chi connectivity index (χ1v) is 8.15. The maximum Gasteiger partial charge on any atom is 0.253 e. The summed E-state index contributed by atoms with van der Waals surface area (Å²) in [5.74, 6) is 0.0632. The van der Waals surface area contributed by atoms with Crippen molar-refractivity contribution in [3.8, 4) is 0 Å². The lowest BCUT2D eigenvalue weighted by molar-refractivity contribution is 0.0638. The minimum Gasteiger partial charge on any atom is -0.374 e. The third-order valence-corrected chi connectivity index (χ3v) is 4.39. The number of rotatable bonds is 5. The van der Waals surface area contributed by atoms with Gasteiger partial charge in [-0.25, -0.2) is 4.39 Å². The number of ether oxygens (including phenoxy) is 1. The van der Waals surface area contributed by atoms with Crippen LogP contribution in [0.2, 0.25) is 0 Å². The van der Waals surface area contributed by atoms with E-state index in [-0.39, 0.29) is 24.4 Å². The average Bonchev–Trinajstić information content (AvgIpc) is 2.87. The molecule has 4 nitrogen and oxygen atoms in total. The standard InChI is InChI=1S/C18H27FN2O2/c1-12(2)23-11-15-8-14(6-7-16(15)19)18(22)21-9-13(3)17(10-21)20(4)5/h6-8,12-13,17H,9-11H2,1-5H3. The van der Waals surface area contributed by atoms with Gasteiger partial charge in [0, 0.05) is 30.3 Å². The summed E-state index contributed by atoms with van der Waals surface area (Å²) in [5.41, 5.74) is 0.960. The zero-order valence-electron chi connectivity index (χ0n) is 14.7. The molecular weight excluding hydrogens is 295 g/mol. The van der Waals surface area contributed by atoms with Crippen LogP contribution in [0.25, 0.3) is 0 Å². The van der Waals surface area contributed by atoms with E-state index in [4.69, 9.17) is 4.74 Å². The Hall–Kier alpha value is -1.46. The number of hydrogen-bond acceptors (Lipinski definition) is 3. The zero-order chi connectivity index (χ0) is 17.1. The first kappa shape index (κ1) is 17.9. The molecule has 0 saturated carbocycles. The number of amides is 1. The highest BCUT2D eigenvalue weighted by Gasteiger charge is 2.34. The number of nitrogens with zero attached hydrogens (tertiary/aromatic N) is 2. The highest BCUT2D eigenvalue weighted by atomic mass is 19.1. The molecule has 5 heteroatoms. The van der Waals surface area contributed by atoms with E-state index in [0.29, 0.717) is 29.6 Å². The molecule has 1 aliphatic rings. The van der Waals surface area contributed by atoms with Gasteiger partial charge in [-0.3, -0.25) is 4.79 Å². The number of carbonyl (C=O) groups is 1. The van der Waals surface area contributed by atoms with Crippen LogP contribution in [0, 0.1) is 11.7 Å². The molecule has 1 heterocycles. The molecule has 0 aromatic heterocycles. The Kier molecular flexibility index (Phi) is 5.76. The molecule has 0 spiro atoms. The van der Waals surface area contributed by atoms with E-state index < -0.39 is 0 Å². The van der Waals surface area contributed by atoms with E-state index in [9.17, 15) is 9.18 Å². The summed E-state index contributed by atoms with van der Waals surface area (Å²) >= 11 is 0. The van der Waals surface area contributed by atoms with Crippen LogP contribution in [-0.4, -0.2) is 55.0 Å². The fourth-order valence-corrected chi connectivity index (χ4v) is 3.05. The van der Waals surface area contributed by atoms with Gasteiger partial charge in [-0.2, -0.15) is 0 Å². The molecule has 1 aromatic rings. The number of carbonyl (C=O) groups excluding carboxylic acids is 1.